The Morgan fingerprint density at radius 2 is 1.68 bits per heavy atom. The summed E-state index contributed by atoms with van der Waals surface area (Å²) in [6, 6.07) is 24.6. The molecule has 0 atom stereocenters. The molecule has 0 unspecified atom stereocenters. The lowest BCUT2D eigenvalue weighted by atomic mass is 10.1. The van der Waals surface area contributed by atoms with Gasteiger partial charge in [-0.05, 0) is 36.2 Å². The number of amides is 1. The molecule has 0 aliphatic rings. The van der Waals surface area contributed by atoms with Crippen molar-refractivity contribution in [1.29, 1.82) is 0 Å². The van der Waals surface area contributed by atoms with Crippen LogP contribution in [0.3, 0.4) is 0 Å². The summed E-state index contributed by atoms with van der Waals surface area (Å²) in [5.74, 6) is 1.09. The number of benzene rings is 3. The lowest BCUT2D eigenvalue weighted by molar-refractivity contribution is 0.102. The molecule has 144 valence electrons. The number of carbonyl (C=O) groups excluding carboxylic acids is 1. The fraction of sp³-hybridized carbons (Fsp3) is 0.208. The van der Waals surface area contributed by atoms with E-state index in [9.17, 15) is 4.79 Å². The van der Waals surface area contributed by atoms with E-state index in [4.69, 9.17) is 9.47 Å². The number of hydrogen-bond acceptors (Lipinski definition) is 3. The van der Waals surface area contributed by atoms with Crippen LogP contribution in [0, 0.1) is 0 Å². The van der Waals surface area contributed by atoms with Crippen molar-refractivity contribution >= 4 is 11.6 Å². The van der Waals surface area contributed by atoms with Gasteiger partial charge in [-0.2, -0.15) is 0 Å². The Morgan fingerprint density at radius 1 is 0.893 bits per heavy atom. The first kappa shape index (κ1) is 19.5. The third-order valence-corrected chi connectivity index (χ3v) is 4.23. The van der Waals surface area contributed by atoms with E-state index in [2.05, 4.69) is 12.2 Å². The summed E-state index contributed by atoms with van der Waals surface area (Å²) in [5.41, 5.74) is 2.24. The summed E-state index contributed by atoms with van der Waals surface area (Å²) in [6.07, 6.45) is 2.08. The molecular formula is C24H25NO3. The first-order valence-electron chi connectivity index (χ1n) is 9.56. The lowest BCUT2D eigenvalue weighted by Crippen LogP contribution is -2.13. The van der Waals surface area contributed by atoms with E-state index in [0.717, 1.165) is 24.2 Å². The Hall–Kier alpha value is -3.27. The number of nitrogens with one attached hydrogen (secondary N) is 1. The van der Waals surface area contributed by atoms with Crippen LogP contribution in [0.25, 0.3) is 0 Å². The average Bonchev–Trinajstić information content (AvgIpc) is 2.74. The Labute approximate surface area is 166 Å². The number of unbranched alkanes of at least 4 members (excludes halogenated alkanes) is 1. The summed E-state index contributed by atoms with van der Waals surface area (Å²) in [4.78, 5) is 12.8. The van der Waals surface area contributed by atoms with Gasteiger partial charge in [-0.1, -0.05) is 61.9 Å². The molecule has 0 aromatic heterocycles. The monoisotopic (exact) mass is 375 g/mol. The minimum Gasteiger partial charge on any atom is -0.494 e. The number of carbonyl (C=O) groups is 1. The molecular weight excluding hydrogens is 350 g/mol. The van der Waals surface area contributed by atoms with Crippen LogP contribution in [0.5, 0.6) is 11.5 Å². The molecule has 1 amide bonds. The van der Waals surface area contributed by atoms with Gasteiger partial charge >= 0.3 is 0 Å². The quantitative estimate of drug-likeness (QED) is 0.488. The fourth-order valence-corrected chi connectivity index (χ4v) is 2.71. The molecule has 28 heavy (non-hydrogen) atoms. The first-order valence-corrected chi connectivity index (χ1v) is 9.56. The van der Waals surface area contributed by atoms with E-state index in [1.807, 2.05) is 72.8 Å². The van der Waals surface area contributed by atoms with E-state index < -0.39 is 0 Å². The van der Waals surface area contributed by atoms with E-state index in [1.165, 1.54) is 0 Å². The van der Waals surface area contributed by atoms with Gasteiger partial charge in [-0.25, -0.2) is 0 Å². The van der Waals surface area contributed by atoms with Crippen molar-refractivity contribution in [3.05, 3.63) is 90.0 Å². The van der Waals surface area contributed by atoms with Crippen molar-refractivity contribution < 1.29 is 14.3 Å². The molecule has 0 fully saturated rings. The molecule has 0 heterocycles. The van der Waals surface area contributed by atoms with Gasteiger partial charge in [0, 0.05) is 11.8 Å². The van der Waals surface area contributed by atoms with Crippen LogP contribution >= 0.6 is 0 Å². The van der Waals surface area contributed by atoms with Crippen LogP contribution in [-0.4, -0.2) is 12.5 Å². The van der Waals surface area contributed by atoms with Gasteiger partial charge in [0.05, 0.1) is 12.2 Å². The highest BCUT2D eigenvalue weighted by Gasteiger charge is 2.13. The average molecular weight is 375 g/mol. The van der Waals surface area contributed by atoms with Gasteiger partial charge in [-0.3, -0.25) is 4.79 Å². The zero-order valence-electron chi connectivity index (χ0n) is 16.1. The largest absolute Gasteiger partial charge is 0.494 e. The Kier molecular flexibility index (Phi) is 7.08. The molecule has 3 aromatic rings. The highest BCUT2D eigenvalue weighted by Crippen LogP contribution is 2.23. The number of rotatable bonds is 9. The molecule has 0 radical (unpaired) electrons. The van der Waals surface area contributed by atoms with Crippen molar-refractivity contribution in [2.45, 2.75) is 26.4 Å². The molecule has 3 rings (SSSR count). The summed E-state index contributed by atoms with van der Waals surface area (Å²) in [5, 5.41) is 2.93. The van der Waals surface area contributed by atoms with Gasteiger partial charge in [0.2, 0.25) is 0 Å². The number of anilines is 1. The van der Waals surface area contributed by atoms with Gasteiger partial charge in [0.25, 0.3) is 5.91 Å². The molecule has 0 saturated heterocycles. The molecule has 0 aliphatic carbocycles. The second-order valence-corrected chi connectivity index (χ2v) is 6.45. The summed E-state index contributed by atoms with van der Waals surface area (Å²) in [6.45, 7) is 3.20. The highest BCUT2D eigenvalue weighted by atomic mass is 16.5. The van der Waals surface area contributed by atoms with E-state index in [1.54, 1.807) is 6.07 Å². The maximum atomic E-state index is 12.8. The molecule has 1 N–H and O–H groups in total. The summed E-state index contributed by atoms with van der Waals surface area (Å²) in [7, 11) is 0. The summed E-state index contributed by atoms with van der Waals surface area (Å²) < 4.78 is 11.6. The van der Waals surface area contributed by atoms with Crippen molar-refractivity contribution in [3.8, 4) is 11.5 Å². The third kappa shape index (κ3) is 5.61. The minimum atomic E-state index is -0.214. The smallest absolute Gasteiger partial charge is 0.259 e. The van der Waals surface area contributed by atoms with Gasteiger partial charge in [-0.15, -0.1) is 0 Å². The van der Waals surface area contributed by atoms with Crippen LogP contribution in [0.1, 0.15) is 35.7 Å². The number of para-hydroxylation sites is 1. The Bertz CT molecular complexity index is 893. The van der Waals surface area contributed by atoms with E-state index in [0.29, 0.717) is 30.2 Å². The zero-order chi connectivity index (χ0) is 19.6. The molecule has 4 heteroatoms. The zero-order valence-corrected chi connectivity index (χ0v) is 16.1. The van der Waals surface area contributed by atoms with Crippen molar-refractivity contribution in [1.82, 2.24) is 0 Å². The summed E-state index contributed by atoms with van der Waals surface area (Å²) >= 11 is 0. The maximum absolute atomic E-state index is 12.8. The highest BCUT2D eigenvalue weighted by molar-refractivity contribution is 6.06. The van der Waals surface area contributed by atoms with E-state index >= 15 is 0 Å². The molecule has 3 aromatic carbocycles. The van der Waals surface area contributed by atoms with Crippen molar-refractivity contribution in [2.75, 3.05) is 11.9 Å². The Balaban J connectivity index is 1.67. The first-order chi connectivity index (χ1) is 13.8. The van der Waals surface area contributed by atoms with Crippen LogP contribution in [0.2, 0.25) is 0 Å². The standard InChI is InChI=1S/C24H25NO3/c1-2-3-16-27-21-13-9-12-20(17-21)25-24(26)22-14-7-8-15-23(22)28-18-19-10-5-4-6-11-19/h4-15,17H,2-3,16,18H2,1H3,(H,25,26). The van der Waals surface area contributed by atoms with Gasteiger partial charge in [0.1, 0.15) is 18.1 Å². The SMILES string of the molecule is CCCCOc1cccc(NC(=O)c2ccccc2OCc2ccccc2)c1. The molecule has 4 nitrogen and oxygen atoms in total. The molecule has 0 aliphatic heterocycles. The Morgan fingerprint density at radius 3 is 2.50 bits per heavy atom. The predicted molar refractivity (Wildman–Crippen MR) is 112 cm³/mol. The normalized spacial score (nSPS) is 10.3. The van der Waals surface area contributed by atoms with Gasteiger partial charge < -0.3 is 14.8 Å². The van der Waals surface area contributed by atoms with Crippen LogP contribution in [-0.2, 0) is 6.61 Å². The second kappa shape index (κ2) is 10.2. The van der Waals surface area contributed by atoms with E-state index in [-0.39, 0.29) is 5.91 Å². The molecule has 0 bridgehead atoms. The van der Waals surface area contributed by atoms with Gasteiger partial charge in [0.15, 0.2) is 0 Å². The fourth-order valence-electron chi connectivity index (χ4n) is 2.71. The van der Waals surface area contributed by atoms with Crippen LogP contribution in [0.4, 0.5) is 5.69 Å². The number of hydrogen-bond donors (Lipinski definition) is 1. The van der Waals surface area contributed by atoms with Crippen molar-refractivity contribution in [3.63, 3.8) is 0 Å². The maximum Gasteiger partial charge on any atom is 0.259 e. The van der Waals surface area contributed by atoms with Crippen molar-refractivity contribution in [2.24, 2.45) is 0 Å². The van der Waals surface area contributed by atoms with Crippen LogP contribution in [0.15, 0.2) is 78.9 Å². The lowest BCUT2D eigenvalue weighted by Gasteiger charge is -2.12. The predicted octanol–water partition coefficient (Wildman–Crippen LogP) is 5.70. The second-order valence-electron chi connectivity index (χ2n) is 6.45. The minimum absolute atomic E-state index is 0.214. The third-order valence-electron chi connectivity index (χ3n) is 4.23. The number of ether oxygens (including phenoxy) is 2. The molecule has 0 saturated carbocycles. The molecule has 0 spiro atoms. The van der Waals surface area contributed by atoms with Crippen LogP contribution < -0.4 is 14.8 Å². The topological polar surface area (TPSA) is 47.6 Å².